The van der Waals surface area contributed by atoms with E-state index in [1.807, 2.05) is 18.2 Å². The van der Waals surface area contributed by atoms with Gasteiger partial charge in [0.25, 0.3) is 0 Å². The van der Waals surface area contributed by atoms with Gasteiger partial charge >= 0.3 is 6.61 Å². The lowest BCUT2D eigenvalue weighted by molar-refractivity contribution is -0.0512. The van der Waals surface area contributed by atoms with Gasteiger partial charge in [0.15, 0.2) is 17.3 Å². The second-order valence-electron chi connectivity index (χ2n) is 4.68. The number of allylic oxidation sites excluding steroid dienone is 1. The van der Waals surface area contributed by atoms with Crippen molar-refractivity contribution in [2.75, 3.05) is 14.2 Å². The molecule has 0 amide bonds. The third kappa shape index (κ3) is 4.32. The Balaban J connectivity index is 2.22. The predicted molar refractivity (Wildman–Crippen MR) is 86.0 cm³/mol. The van der Waals surface area contributed by atoms with Gasteiger partial charge < -0.3 is 14.2 Å². The molecule has 0 spiro atoms. The lowest BCUT2D eigenvalue weighted by atomic mass is 10.1. The van der Waals surface area contributed by atoms with Crippen molar-refractivity contribution in [3.8, 4) is 17.2 Å². The number of carbonyl (C=O) groups excluding carboxylic acids is 1. The first-order valence-electron chi connectivity index (χ1n) is 7.03. The monoisotopic (exact) mass is 334 g/mol. The van der Waals surface area contributed by atoms with Crippen molar-refractivity contribution in [1.29, 1.82) is 0 Å². The number of methoxy groups -OCH3 is 2. The summed E-state index contributed by atoms with van der Waals surface area (Å²) in [5, 5.41) is 0. The Hall–Kier alpha value is -2.89. The molecule has 0 aliphatic rings. The summed E-state index contributed by atoms with van der Waals surface area (Å²) >= 11 is 0. The fraction of sp³-hybridized carbons (Fsp3) is 0.167. The van der Waals surface area contributed by atoms with Crippen LogP contribution in [0.2, 0.25) is 0 Å². The number of hydrogen-bond acceptors (Lipinski definition) is 4. The maximum absolute atomic E-state index is 12.3. The van der Waals surface area contributed by atoms with Gasteiger partial charge in [-0.15, -0.1) is 0 Å². The Bertz CT molecular complexity index is 742. The summed E-state index contributed by atoms with van der Waals surface area (Å²) in [7, 11) is 2.85. The van der Waals surface area contributed by atoms with Gasteiger partial charge in [-0.3, -0.25) is 4.79 Å². The number of alkyl halides is 2. The van der Waals surface area contributed by atoms with Crippen molar-refractivity contribution in [2.24, 2.45) is 0 Å². The van der Waals surface area contributed by atoms with Crippen LogP contribution in [0.5, 0.6) is 17.2 Å². The van der Waals surface area contributed by atoms with E-state index < -0.39 is 6.61 Å². The Morgan fingerprint density at radius 2 is 1.71 bits per heavy atom. The van der Waals surface area contributed by atoms with Crippen molar-refractivity contribution >= 4 is 11.9 Å². The molecule has 24 heavy (non-hydrogen) atoms. The molecular formula is C18H16F2O4. The van der Waals surface area contributed by atoms with Gasteiger partial charge in [-0.05, 0) is 36.4 Å². The molecule has 0 unspecified atom stereocenters. The van der Waals surface area contributed by atoms with Gasteiger partial charge in [-0.25, -0.2) is 0 Å². The van der Waals surface area contributed by atoms with Crippen molar-refractivity contribution in [2.45, 2.75) is 6.61 Å². The topological polar surface area (TPSA) is 44.8 Å². The molecule has 0 aliphatic heterocycles. The fourth-order valence-electron chi connectivity index (χ4n) is 2.08. The Kier molecular flexibility index (Phi) is 5.89. The number of ether oxygens (including phenoxy) is 3. The van der Waals surface area contributed by atoms with Gasteiger partial charge in [0.05, 0.1) is 14.2 Å². The maximum Gasteiger partial charge on any atom is 0.387 e. The summed E-state index contributed by atoms with van der Waals surface area (Å²) in [6.07, 6.45) is 3.00. The number of halogens is 2. The summed E-state index contributed by atoms with van der Waals surface area (Å²) in [4.78, 5) is 12.2. The molecule has 0 N–H and O–H groups in total. The van der Waals surface area contributed by atoms with Gasteiger partial charge in [0.1, 0.15) is 5.75 Å². The average Bonchev–Trinajstić information content (AvgIpc) is 2.59. The molecule has 0 atom stereocenters. The third-order valence-electron chi connectivity index (χ3n) is 3.22. The smallest absolute Gasteiger partial charge is 0.387 e. The maximum atomic E-state index is 12.3. The summed E-state index contributed by atoms with van der Waals surface area (Å²) < 4.78 is 39.1. The first kappa shape index (κ1) is 17.5. The quantitative estimate of drug-likeness (QED) is 0.562. The summed E-state index contributed by atoms with van der Waals surface area (Å²) in [6.45, 7) is -2.97. The standard InChI is InChI=1S/C18H16F2O4/c1-22-15-6-4-3-5-12(15)7-9-14(21)13-8-10-16(24-18(19)20)17(11-13)23-2/h3-11,18H,1-2H3/b9-7+. The van der Waals surface area contributed by atoms with Crippen LogP contribution in [-0.4, -0.2) is 26.6 Å². The van der Waals surface area contributed by atoms with Crippen LogP contribution in [0, 0.1) is 0 Å². The molecule has 4 nitrogen and oxygen atoms in total. The molecule has 0 bridgehead atoms. The molecule has 126 valence electrons. The average molecular weight is 334 g/mol. The van der Waals surface area contributed by atoms with E-state index in [0.717, 1.165) is 5.56 Å². The van der Waals surface area contributed by atoms with Crippen molar-refractivity contribution in [3.63, 3.8) is 0 Å². The Morgan fingerprint density at radius 1 is 1.00 bits per heavy atom. The highest BCUT2D eigenvalue weighted by Crippen LogP contribution is 2.30. The zero-order valence-corrected chi connectivity index (χ0v) is 13.2. The van der Waals surface area contributed by atoms with Gasteiger partial charge in [-0.2, -0.15) is 8.78 Å². The predicted octanol–water partition coefficient (Wildman–Crippen LogP) is 4.20. The van der Waals surface area contributed by atoms with E-state index >= 15 is 0 Å². The van der Waals surface area contributed by atoms with E-state index in [1.165, 1.54) is 31.4 Å². The summed E-state index contributed by atoms with van der Waals surface area (Å²) in [6, 6.07) is 11.3. The first-order valence-corrected chi connectivity index (χ1v) is 7.03. The van der Waals surface area contributed by atoms with Crippen molar-refractivity contribution in [3.05, 3.63) is 59.7 Å². The molecule has 6 heteroatoms. The number of ketones is 1. The minimum absolute atomic E-state index is 0.0619. The minimum Gasteiger partial charge on any atom is -0.496 e. The second kappa shape index (κ2) is 8.10. The number of carbonyl (C=O) groups is 1. The molecule has 0 fully saturated rings. The highest BCUT2D eigenvalue weighted by Gasteiger charge is 2.13. The molecular weight excluding hydrogens is 318 g/mol. The summed E-state index contributed by atoms with van der Waals surface area (Å²) in [5.74, 6) is 0.271. The normalized spacial score (nSPS) is 10.9. The second-order valence-corrected chi connectivity index (χ2v) is 4.68. The molecule has 0 aromatic heterocycles. The lowest BCUT2D eigenvalue weighted by Crippen LogP contribution is -2.04. The van der Waals surface area contributed by atoms with Crippen LogP contribution in [0.1, 0.15) is 15.9 Å². The molecule has 0 heterocycles. The molecule has 0 saturated heterocycles. The molecule has 2 aromatic carbocycles. The van der Waals surface area contributed by atoms with Crippen LogP contribution in [0.25, 0.3) is 6.08 Å². The SMILES string of the molecule is COc1ccccc1/C=C/C(=O)c1ccc(OC(F)F)c(OC)c1. The van der Waals surface area contributed by atoms with Gasteiger partial charge in [0.2, 0.25) is 0 Å². The van der Waals surface area contributed by atoms with Gasteiger partial charge in [0, 0.05) is 11.1 Å². The Labute approximate surface area is 138 Å². The van der Waals surface area contributed by atoms with Crippen LogP contribution < -0.4 is 14.2 Å². The van der Waals surface area contributed by atoms with E-state index in [0.29, 0.717) is 11.3 Å². The molecule has 0 radical (unpaired) electrons. The highest BCUT2D eigenvalue weighted by atomic mass is 19.3. The van der Waals surface area contributed by atoms with Gasteiger partial charge in [-0.1, -0.05) is 18.2 Å². The molecule has 0 aliphatic carbocycles. The largest absolute Gasteiger partial charge is 0.496 e. The van der Waals surface area contributed by atoms with E-state index in [1.54, 1.807) is 19.3 Å². The van der Waals surface area contributed by atoms with Crippen molar-refractivity contribution in [1.82, 2.24) is 0 Å². The van der Waals surface area contributed by atoms with E-state index in [-0.39, 0.29) is 17.3 Å². The zero-order chi connectivity index (χ0) is 17.5. The fourth-order valence-corrected chi connectivity index (χ4v) is 2.08. The third-order valence-corrected chi connectivity index (χ3v) is 3.22. The van der Waals surface area contributed by atoms with Crippen molar-refractivity contribution < 1.29 is 27.8 Å². The van der Waals surface area contributed by atoms with Crippen LogP contribution in [0.3, 0.4) is 0 Å². The number of para-hydroxylation sites is 1. The molecule has 2 rings (SSSR count). The van der Waals surface area contributed by atoms with Crippen LogP contribution >= 0.6 is 0 Å². The molecule has 0 saturated carbocycles. The van der Waals surface area contributed by atoms with E-state index in [4.69, 9.17) is 9.47 Å². The first-order chi connectivity index (χ1) is 11.5. The highest BCUT2D eigenvalue weighted by molar-refractivity contribution is 6.07. The number of benzene rings is 2. The van der Waals surface area contributed by atoms with E-state index in [9.17, 15) is 13.6 Å². The van der Waals surface area contributed by atoms with Crippen LogP contribution in [-0.2, 0) is 0 Å². The molecule has 2 aromatic rings. The van der Waals surface area contributed by atoms with Crippen LogP contribution in [0.15, 0.2) is 48.5 Å². The van der Waals surface area contributed by atoms with E-state index in [2.05, 4.69) is 4.74 Å². The minimum atomic E-state index is -2.97. The Morgan fingerprint density at radius 3 is 2.38 bits per heavy atom. The zero-order valence-electron chi connectivity index (χ0n) is 13.2. The summed E-state index contributed by atoms with van der Waals surface area (Å²) in [5.41, 5.74) is 1.04. The lowest BCUT2D eigenvalue weighted by Gasteiger charge is -2.10. The number of rotatable bonds is 7. The number of hydrogen-bond donors (Lipinski definition) is 0. The van der Waals surface area contributed by atoms with Crippen LogP contribution in [0.4, 0.5) is 8.78 Å².